The van der Waals surface area contributed by atoms with E-state index in [0.717, 1.165) is 12.1 Å². The van der Waals surface area contributed by atoms with Crippen LogP contribution in [0.25, 0.3) is 11.1 Å². The third kappa shape index (κ3) is 4.18. The molecule has 2 rings (SSSR count). The van der Waals surface area contributed by atoms with Gasteiger partial charge in [-0.3, -0.25) is 0 Å². The topological polar surface area (TPSA) is 83.5 Å². The summed E-state index contributed by atoms with van der Waals surface area (Å²) in [6.45, 7) is 5.16. The number of halogens is 1. The Kier molecular flexibility index (Phi) is 4.77. The molecule has 2 N–H and O–H groups in total. The molecular formula is C17H18FNO4S. The van der Waals surface area contributed by atoms with Gasteiger partial charge in [-0.15, -0.1) is 0 Å². The molecule has 0 spiro atoms. The number of sulfonamides is 1. The maximum atomic E-state index is 13.3. The van der Waals surface area contributed by atoms with E-state index in [9.17, 15) is 22.7 Å². The Hall–Kier alpha value is -2.25. The zero-order valence-electron chi connectivity index (χ0n) is 13.5. The minimum atomic E-state index is -3.76. The molecule has 0 saturated carbocycles. The fourth-order valence-electron chi connectivity index (χ4n) is 2.24. The molecule has 0 aliphatic carbocycles. The summed E-state index contributed by atoms with van der Waals surface area (Å²) in [7, 11) is -3.76. The number of nitrogens with one attached hydrogen (secondary N) is 1. The maximum absolute atomic E-state index is 13.3. The second-order valence-corrected chi connectivity index (χ2v) is 8.06. The van der Waals surface area contributed by atoms with Gasteiger partial charge in [-0.1, -0.05) is 18.2 Å². The molecule has 0 atom stereocenters. The summed E-state index contributed by atoms with van der Waals surface area (Å²) in [4.78, 5) is 11.3. The van der Waals surface area contributed by atoms with E-state index in [4.69, 9.17) is 0 Å². The Morgan fingerprint density at radius 2 is 1.79 bits per heavy atom. The number of aromatic carboxylic acids is 1. The lowest BCUT2D eigenvalue weighted by atomic mass is 10.00. The number of benzene rings is 2. The fraction of sp³-hybridized carbons (Fsp3) is 0.235. The first kappa shape index (κ1) is 18.1. The minimum Gasteiger partial charge on any atom is -0.478 e. The quantitative estimate of drug-likeness (QED) is 0.885. The van der Waals surface area contributed by atoms with Crippen LogP contribution in [0.15, 0.2) is 47.4 Å². The highest BCUT2D eigenvalue weighted by atomic mass is 32.2. The van der Waals surface area contributed by atoms with Crippen molar-refractivity contribution in [2.45, 2.75) is 31.2 Å². The van der Waals surface area contributed by atoms with Crippen LogP contribution < -0.4 is 4.72 Å². The molecule has 0 aromatic heterocycles. The summed E-state index contributed by atoms with van der Waals surface area (Å²) in [6.07, 6.45) is 0. The van der Waals surface area contributed by atoms with Crippen molar-refractivity contribution in [3.63, 3.8) is 0 Å². The monoisotopic (exact) mass is 351 g/mol. The van der Waals surface area contributed by atoms with E-state index in [1.165, 1.54) is 24.3 Å². The molecule has 24 heavy (non-hydrogen) atoms. The molecular weight excluding hydrogens is 333 g/mol. The number of hydrogen-bond donors (Lipinski definition) is 2. The van der Waals surface area contributed by atoms with Crippen LogP contribution in [-0.4, -0.2) is 25.0 Å². The van der Waals surface area contributed by atoms with E-state index >= 15 is 0 Å². The second-order valence-electron chi connectivity index (χ2n) is 6.38. The first-order valence-corrected chi connectivity index (χ1v) is 8.65. The SMILES string of the molecule is CC(C)(C)NS(=O)(=O)c1cccc(-c2ccc(F)cc2C(=O)O)c1. The molecule has 0 amide bonds. The Morgan fingerprint density at radius 1 is 1.12 bits per heavy atom. The maximum Gasteiger partial charge on any atom is 0.336 e. The standard InChI is InChI=1S/C17H18FNO4S/c1-17(2,3)19-24(22,23)13-6-4-5-11(9-13)14-8-7-12(18)10-15(14)16(20)21/h4-10,19H,1-3H3,(H,20,21). The molecule has 0 aliphatic heterocycles. The van der Waals surface area contributed by atoms with Crippen LogP contribution in [0.4, 0.5) is 4.39 Å². The zero-order chi connectivity index (χ0) is 18.1. The van der Waals surface area contributed by atoms with Crippen molar-refractivity contribution in [3.8, 4) is 11.1 Å². The highest BCUT2D eigenvalue weighted by molar-refractivity contribution is 7.89. The van der Waals surface area contributed by atoms with Gasteiger partial charge in [0, 0.05) is 5.54 Å². The van der Waals surface area contributed by atoms with E-state index in [-0.39, 0.29) is 16.0 Å². The van der Waals surface area contributed by atoms with Crippen molar-refractivity contribution >= 4 is 16.0 Å². The van der Waals surface area contributed by atoms with Gasteiger partial charge in [0.25, 0.3) is 0 Å². The average molecular weight is 351 g/mol. The Morgan fingerprint density at radius 3 is 2.38 bits per heavy atom. The fourth-order valence-corrected chi connectivity index (χ4v) is 3.70. The number of hydrogen-bond acceptors (Lipinski definition) is 3. The summed E-state index contributed by atoms with van der Waals surface area (Å²) in [6, 6.07) is 9.25. The Balaban J connectivity index is 2.55. The predicted octanol–water partition coefficient (Wildman–Crippen LogP) is 3.27. The molecule has 0 unspecified atom stereocenters. The lowest BCUT2D eigenvalue weighted by Gasteiger charge is -2.20. The van der Waals surface area contributed by atoms with Gasteiger partial charge in [0.05, 0.1) is 10.5 Å². The highest BCUT2D eigenvalue weighted by Crippen LogP contribution is 2.27. The lowest BCUT2D eigenvalue weighted by Crippen LogP contribution is -2.40. The summed E-state index contributed by atoms with van der Waals surface area (Å²) < 4.78 is 40.7. The van der Waals surface area contributed by atoms with Crippen LogP contribution in [0, 0.1) is 5.82 Å². The van der Waals surface area contributed by atoms with Crippen LogP contribution in [0.5, 0.6) is 0 Å². The molecule has 0 radical (unpaired) electrons. The van der Waals surface area contributed by atoms with Crippen molar-refractivity contribution < 1.29 is 22.7 Å². The summed E-state index contributed by atoms with van der Waals surface area (Å²) in [5.41, 5.74) is -0.258. The largest absolute Gasteiger partial charge is 0.478 e. The average Bonchev–Trinajstić information content (AvgIpc) is 2.44. The molecule has 0 fully saturated rings. The van der Waals surface area contributed by atoms with E-state index in [1.54, 1.807) is 26.8 Å². The Bertz CT molecular complexity index is 886. The van der Waals surface area contributed by atoms with Gasteiger partial charge < -0.3 is 5.11 Å². The van der Waals surface area contributed by atoms with Crippen LogP contribution >= 0.6 is 0 Å². The molecule has 128 valence electrons. The van der Waals surface area contributed by atoms with E-state index in [0.29, 0.717) is 5.56 Å². The van der Waals surface area contributed by atoms with Crippen LogP contribution in [0.1, 0.15) is 31.1 Å². The van der Waals surface area contributed by atoms with Crippen LogP contribution in [0.3, 0.4) is 0 Å². The molecule has 0 aliphatic rings. The predicted molar refractivity (Wildman–Crippen MR) is 88.9 cm³/mol. The first-order chi connectivity index (χ1) is 11.0. The normalized spacial score (nSPS) is 12.2. The zero-order valence-corrected chi connectivity index (χ0v) is 14.3. The number of rotatable bonds is 4. The van der Waals surface area contributed by atoms with Crippen LogP contribution in [-0.2, 0) is 10.0 Å². The second kappa shape index (κ2) is 6.33. The van der Waals surface area contributed by atoms with Gasteiger partial charge in [-0.2, -0.15) is 0 Å². The van der Waals surface area contributed by atoms with Gasteiger partial charge in [-0.25, -0.2) is 22.3 Å². The van der Waals surface area contributed by atoms with Crippen molar-refractivity contribution in [2.75, 3.05) is 0 Å². The third-order valence-corrected chi connectivity index (χ3v) is 4.86. The van der Waals surface area contributed by atoms with Crippen molar-refractivity contribution in [3.05, 3.63) is 53.8 Å². The van der Waals surface area contributed by atoms with Gasteiger partial charge in [0.2, 0.25) is 10.0 Å². The summed E-state index contributed by atoms with van der Waals surface area (Å²) in [5, 5.41) is 9.24. The summed E-state index contributed by atoms with van der Waals surface area (Å²) in [5.74, 6) is -1.96. The lowest BCUT2D eigenvalue weighted by molar-refractivity contribution is 0.0697. The van der Waals surface area contributed by atoms with E-state index in [1.807, 2.05) is 0 Å². The number of carbonyl (C=O) groups is 1. The van der Waals surface area contributed by atoms with Crippen LogP contribution in [0.2, 0.25) is 0 Å². The highest BCUT2D eigenvalue weighted by Gasteiger charge is 2.23. The molecule has 0 saturated heterocycles. The van der Waals surface area contributed by atoms with Crippen molar-refractivity contribution in [1.29, 1.82) is 0 Å². The molecule has 0 heterocycles. The van der Waals surface area contributed by atoms with E-state index in [2.05, 4.69) is 4.72 Å². The van der Waals surface area contributed by atoms with Crippen molar-refractivity contribution in [2.24, 2.45) is 0 Å². The minimum absolute atomic E-state index is 0.00980. The number of carboxylic acid groups (broad SMARTS) is 1. The summed E-state index contributed by atoms with van der Waals surface area (Å²) >= 11 is 0. The van der Waals surface area contributed by atoms with Gasteiger partial charge >= 0.3 is 5.97 Å². The van der Waals surface area contributed by atoms with Gasteiger partial charge in [-0.05, 0) is 56.2 Å². The smallest absolute Gasteiger partial charge is 0.336 e. The van der Waals surface area contributed by atoms with Crippen molar-refractivity contribution in [1.82, 2.24) is 4.72 Å². The molecule has 2 aromatic rings. The molecule has 0 bridgehead atoms. The van der Waals surface area contributed by atoms with Gasteiger partial charge in [0.1, 0.15) is 5.82 Å². The Labute approximate surface area is 140 Å². The first-order valence-electron chi connectivity index (χ1n) is 7.17. The molecule has 7 heteroatoms. The third-order valence-electron chi connectivity index (χ3n) is 3.11. The number of carboxylic acids is 1. The molecule has 2 aromatic carbocycles. The van der Waals surface area contributed by atoms with Gasteiger partial charge in [0.15, 0.2) is 0 Å². The molecule has 5 nitrogen and oxygen atoms in total. The van der Waals surface area contributed by atoms with E-state index < -0.39 is 27.3 Å².